The van der Waals surface area contributed by atoms with Crippen LogP contribution in [-0.2, 0) is 22.6 Å². The summed E-state index contributed by atoms with van der Waals surface area (Å²) in [6.45, 7) is 2.59. The number of nitrogens with zero attached hydrogens (tertiary/aromatic N) is 2. The second-order valence-corrected chi connectivity index (χ2v) is 2.87. The molecule has 5 heteroatoms. The first-order valence-corrected chi connectivity index (χ1v) is 4.55. The van der Waals surface area contributed by atoms with Gasteiger partial charge in [0.25, 0.3) is 0 Å². The van der Waals surface area contributed by atoms with E-state index in [1.54, 1.807) is 19.6 Å². The van der Waals surface area contributed by atoms with Gasteiger partial charge in [0.2, 0.25) is 0 Å². The lowest BCUT2D eigenvalue weighted by Crippen LogP contribution is -2.08. The molecule has 0 aliphatic carbocycles. The third-order valence-corrected chi connectivity index (χ3v) is 1.77. The minimum atomic E-state index is -0.0163. The van der Waals surface area contributed by atoms with E-state index in [1.807, 2.05) is 4.57 Å². The van der Waals surface area contributed by atoms with E-state index in [1.165, 1.54) is 0 Å². The van der Waals surface area contributed by atoms with E-state index >= 15 is 0 Å². The summed E-state index contributed by atoms with van der Waals surface area (Å²) in [4.78, 5) is 3.98. The van der Waals surface area contributed by atoms with Crippen molar-refractivity contribution in [2.45, 2.75) is 13.2 Å². The fourth-order valence-corrected chi connectivity index (χ4v) is 1.02. The second kappa shape index (κ2) is 6.53. The van der Waals surface area contributed by atoms with Crippen LogP contribution in [-0.4, -0.2) is 41.6 Å². The van der Waals surface area contributed by atoms with Gasteiger partial charge in [0.15, 0.2) is 0 Å². The highest BCUT2D eigenvalue weighted by Crippen LogP contribution is 1.95. The van der Waals surface area contributed by atoms with Crippen molar-refractivity contribution in [1.82, 2.24) is 9.55 Å². The highest BCUT2D eigenvalue weighted by Gasteiger charge is 1.96. The molecule has 0 saturated carbocycles. The zero-order chi connectivity index (χ0) is 10.2. The summed E-state index contributed by atoms with van der Waals surface area (Å²) >= 11 is 0. The molecule has 1 rings (SSSR count). The van der Waals surface area contributed by atoms with Crippen LogP contribution in [0.1, 0.15) is 5.69 Å². The second-order valence-electron chi connectivity index (χ2n) is 2.87. The van der Waals surface area contributed by atoms with Crippen LogP contribution >= 0.6 is 0 Å². The molecule has 0 unspecified atom stereocenters. The van der Waals surface area contributed by atoms with Gasteiger partial charge in [-0.05, 0) is 0 Å². The van der Waals surface area contributed by atoms with Crippen LogP contribution in [0.4, 0.5) is 0 Å². The summed E-state index contributed by atoms with van der Waals surface area (Å²) in [6.07, 6.45) is 3.49. The number of ether oxygens (including phenoxy) is 2. The first-order valence-electron chi connectivity index (χ1n) is 4.55. The Hall–Kier alpha value is -0.910. The monoisotopic (exact) mass is 200 g/mol. The number of hydrogen-bond donors (Lipinski definition) is 1. The Kier molecular flexibility index (Phi) is 5.21. The van der Waals surface area contributed by atoms with Crippen molar-refractivity contribution >= 4 is 0 Å². The van der Waals surface area contributed by atoms with E-state index in [-0.39, 0.29) is 6.61 Å². The van der Waals surface area contributed by atoms with Gasteiger partial charge < -0.3 is 19.1 Å². The maximum atomic E-state index is 8.77. The predicted octanol–water partition coefficient (Wildman–Crippen LogP) is 0.0384. The first kappa shape index (κ1) is 11.2. The van der Waals surface area contributed by atoms with Gasteiger partial charge in [0.1, 0.15) is 0 Å². The molecule has 0 aliphatic rings. The number of aliphatic hydroxyl groups excluding tert-OH is 1. The van der Waals surface area contributed by atoms with Crippen LogP contribution in [0.15, 0.2) is 12.5 Å². The minimum absolute atomic E-state index is 0.0163. The maximum absolute atomic E-state index is 8.77. The SMILES string of the molecule is COCCOCCn1cnc(CO)c1. The van der Waals surface area contributed by atoms with Gasteiger partial charge in [0.05, 0.1) is 38.4 Å². The van der Waals surface area contributed by atoms with E-state index in [0.29, 0.717) is 25.5 Å². The summed E-state index contributed by atoms with van der Waals surface area (Å²) in [7, 11) is 1.65. The van der Waals surface area contributed by atoms with Crippen molar-refractivity contribution in [2.75, 3.05) is 26.9 Å². The fraction of sp³-hybridized carbons (Fsp3) is 0.667. The maximum Gasteiger partial charge on any atom is 0.0951 e. The molecular weight excluding hydrogens is 184 g/mol. The zero-order valence-electron chi connectivity index (χ0n) is 8.35. The van der Waals surface area contributed by atoms with Gasteiger partial charge in [-0.15, -0.1) is 0 Å². The summed E-state index contributed by atoms with van der Waals surface area (Å²) in [5.74, 6) is 0. The number of hydrogen-bond acceptors (Lipinski definition) is 4. The lowest BCUT2D eigenvalue weighted by Gasteiger charge is -2.03. The predicted molar refractivity (Wildman–Crippen MR) is 50.8 cm³/mol. The molecule has 0 bridgehead atoms. The average Bonchev–Trinajstić information content (AvgIpc) is 2.65. The quantitative estimate of drug-likeness (QED) is 0.631. The lowest BCUT2D eigenvalue weighted by atomic mass is 10.5. The highest BCUT2D eigenvalue weighted by atomic mass is 16.5. The van der Waals surface area contributed by atoms with Crippen LogP contribution in [0, 0.1) is 0 Å². The molecule has 0 amide bonds. The molecule has 1 heterocycles. The molecule has 0 radical (unpaired) electrons. The molecule has 80 valence electrons. The van der Waals surface area contributed by atoms with Gasteiger partial charge in [-0.2, -0.15) is 0 Å². The van der Waals surface area contributed by atoms with Crippen LogP contribution < -0.4 is 0 Å². The smallest absolute Gasteiger partial charge is 0.0951 e. The largest absolute Gasteiger partial charge is 0.390 e. The summed E-state index contributed by atoms with van der Waals surface area (Å²) < 4.78 is 12.0. The van der Waals surface area contributed by atoms with Crippen LogP contribution in [0.25, 0.3) is 0 Å². The molecule has 0 fully saturated rings. The standard InChI is InChI=1S/C9H16N2O3/c1-13-4-5-14-3-2-11-6-9(7-12)10-8-11/h6,8,12H,2-5,7H2,1H3. The Labute approximate surface area is 83.3 Å². The van der Waals surface area contributed by atoms with E-state index in [0.717, 1.165) is 6.54 Å². The molecule has 0 saturated heterocycles. The van der Waals surface area contributed by atoms with Crippen LogP contribution in [0.5, 0.6) is 0 Å². The summed E-state index contributed by atoms with van der Waals surface area (Å²) in [5, 5.41) is 8.77. The molecule has 1 aromatic rings. The Morgan fingerprint density at radius 3 is 2.93 bits per heavy atom. The molecule has 1 aromatic heterocycles. The number of aliphatic hydroxyl groups is 1. The minimum Gasteiger partial charge on any atom is -0.390 e. The van der Waals surface area contributed by atoms with Crippen molar-refractivity contribution in [3.05, 3.63) is 18.2 Å². The first-order chi connectivity index (χ1) is 6.86. The van der Waals surface area contributed by atoms with Crippen molar-refractivity contribution in [3.8, 4) is 0 Å². The molecule has 1 N–H and O–H groups in total. The molecule has 5 nitrogen and oxygen atoms in total. The number of imidazole rings is 1. The van der Waals surface area contributed by atoms with Gasteiger partial charge in [-0.3, -0.25) is 0 Å². The Bertz CT molecular complexity index is 250. The molecule has 14 heavy (non-hydrogen) atoms. The lowest BCUT2D eigenvalue weighted by molar-refractivity contribution is 0.0666. The Morgan fingerprint density at radius 2 is 2.29 bits per heavy atom. The molecule has 0 spiro atoms. The molecular formula is C9H16N2O3. The van der Waals surface area contributed by atoms with Crippen LogP contribution in [0.2, 0.25) is 0 Å². The van der Waals surface area contributed by atoms with Crippen LogP contribution in [0.3, 0.4) is 0 Å². The van der Waals surface area contributed by atoms with Gasteiger partial charge in [-0.25, -0.2) is 4.98 Å². The molecule has 0 atom stereocenters. The molecule has 0 aliphatic heterocycles. The van der Waals surface area contributed by atoms with E-state index in [9.17, 15) is 0 Å². The van der Waals surface area contributed by atoms with E-state index in [2.05, 4.69) is 4.98 Å². The third kappa shape index (κ3) is 3.87. The van der Waals surface area contributed by atoms with Crippen molar-refractivity contribution in [3.63, 3.8) is 0 Å². The van der Waals surface area contributed by atoms with E-state index < -0.39 is 0 Å². The fourth-order valence-electron chi connectivity index (χ4n) is 1.02. The van der Waals surface area contributed by atoms with E-state index in [4.69, 9.17) is 14.6 Å². The highest BCUT2D eigenvalue weighted by molar-refractivity contribution is 4.93. The van der Waals surface area contributed by atoms with Gasteiger partial charge in [-0.1, -0.05) is 0 Å². The van der Waals surface area contributed by atoms with Gasteiger partial charge in [0, 0.05) is 19.9 Å². The topological polar surface area (TPSA) is 56.5 Å². The average molecular weight is 200 g/mol. The van der Waals surface area contributed by atoms with Crippen molar-refractivity contribution in [1.29, 1.82) is 0 Å². The summed E-state index contributed by atoms with van der Waals surface area (Å²) in [6, 6.07) is 0. The normalized spacial score (nSPS) is 10.7. The number of methoxy groups -OCH3 is 1. The number of aromatic nitrogens is 2. The van der Waals surface area contributed by atoms with Crippen molar-refractivity contribution < 1.29 is 14.6 Å². The Balaban J connectivity index is 2.12. The molecule has 0 aromatic carbocycles. The third-order valence-electron chi connectivity index (χ3n) is 1.77. The van der Waals surface area contributed by atoms with Crippen molar-refractivity contribution in [2.24, 2.45) is 0 Å². The number of rotatable bonds is 7. The summed E-state index contributed by atoms with van der Waals surface area (Å²) in [5.41, 5.74) is 0.682. The Morgan fingerprint density at radius 1 is 1.43 bits per heavy atom. The zero-order valence-corrected chi connectivity index (χ0v) is 8.35. The van der Waals surface area contributed by atoms with Gasteiger partial charge >= 0.3 is 0 Å².